The van der Waals surface area contributed by atoms with Gasteiger partial charge in [-0.1, -0.05) is 74.5 Å². The van der Waals surface area contributed by atoms with Crippen molar-refractivity contribution in [1.82, 2.24) is 15.1 Å². The lowest BCUT2D eigenvalue weighted by atomic mass is 9.83. The summed E-state index contributed by atoms with van der Waals surface area (Å²) >= 11 is 0. The van der Waals surface area contributed by atoms with Gasteiger partial charge in [0.15, 0.2) is 15.4 Å². The predicted molar refractivity (Wildman–Crippen MR) is 132 cm³/mol. The van der Waals surface area contributed by atoms with Crippen molar-refractivity contribution in [1.29, 1.82) is 0 Å². The summed E-state index contributed by atoms with van der Waals surface area (Å²) in [5, 5.41) is 2.87. The molecule has 0 bridgehead atoms. The van der Waals surface area contributed by atoms with Crippen LogP contribution in [0.3, 0.4) is 0 Å². The highest BCUT2D eigenvalue weighted by Gasteiger charge is 2.53. The van der Waals surface area contributed by atoms with Crippen LogP contribution in [0.4, 0.5) is 4.79 Å². The molecule has 0 saturated carbocycles. The van der Waals surface area contributed by atoms with Gasteiger partial charge in [0.1, 0.15) is 6.54 Å². The molecule has 35 heavy (non-hydrogen) atoms. The lowest BCUT2D eigenvalue weighted by molar-refractivity contribution is -0.140. The van der Waals surface area contributed by atoms with E-state index in [0.29, 0.717) is 18.5 Å². The Morgan fingerprint density at radius 1 is 1.09 bits per heavy atom. The number of benzene rings is 2. The number of hydrogen-bond donors (Lipinski definition) is 1. The van der Waals surface area contributed by atoms with E-state index in [0.717, 1.165) is 10.5 Å². The summed E-state index contributed by atoms with van der Waals surface area (Å²) in [7, 11) is -3.20. The Kier molecular flexibility index (Phi) is 6.98. The van der Waals surface area contributed by atoms with Crippen molar-refractivity contribution in [2.45, 2.75) is 38.3 Å². The Morgan fingerprint density at radius 2 is 1.71 bits per heavy atom. The van der Waals surface area contributed by atoms with Crippen LogP contribution >= 0.6 is 0 Å². The number of nitrogens with one attached hydrogen (secondary N) is 1. The highest BCUT2D eigenvalue weighted by molar-refractivity contribution is 7.91. The van der Waals surface area contributed by atoms with Crippen LogP contribution in [-0.2, 0) is 31.4 Å². The van der Waals surface area contributed by atoms with Crippen LogP contribution in [0.2, 0.25) is 0 Å². The molecule has 186 valence electrons. The molecule has 4 rings (SSSR count). The van der Waals surface area contributed by atoms with Gasteiger partial charge in [-0.2, -0.15) is 0 Å². The summed E-state index contributed by atoms with van der Waals surface area (Å²) in [6, 6.07) is 17.4. The molecule has 0 aliphatic carbocycles. The van der Waals surface area contributed by atoms with Gasteiger partial charge in [0, 0.05) is 19.0 Å². The number of amides is 4. The maximum absolute atomic E-state index is 13.8. The lowest BCUT2D eigenvalue weighted by Crippen LogP contribution is -2.50. The third kappa shape index (κ3) is 5.24. The standard InChI is InChI=1S/C26H31N3O5S/c1-19(2)16-28(22-13-14-35(33,34)18-22)23(30)17-29-24(31)26(27-25(29)32,21-11-7-4-8-12-21)15-20-9-5-3-6-10-20/h3-12,19,22H,13-18H2,1-2H3,(H,27,32)/t22-,26-/m0/s1. The number of sulfone groups is 1. The quantitative estimate of drug-likeness (QED) is 0.564. The molecule has 2 aliphatic heterocycles. The van der Waals surface area contributed by atoms with Crippen molar-refractivity contribution in [3.8, 4) is 0 Å². The van der Waals surface area contributed by atoms with E-state index >= 15 is 0 Å². The summed E-state index contributed by atoms with van der Waals surface area (Å²) in [5.74, 6) is -0.862. The summed E-state index contributed by atoms with van der Waals surface area (Å²) in [4.78, 5) is 42.8. The van der Waals surface area contributed by atoms with Crippen LogP contribution in [0, 0.1) is 5.92 Å². The molecule has 2 aromatic rings. The largest absolute Gasteiger partial charge is 0.337 e. The second kappa shape index (κ2) is 9.81. The first-order valence-corrected chi connectivity index (χ1v) is 13.7. The zero-order valence-corrected chi connectivity index (χ0v) is 20.8. The number of nitrogens with zero attached hydrogens (tertiary/aromatic N) is 2. The fourth-order valence-electron chi connectivity index (χ4n) is 4.91. The first-order valence-electron chi connectivity index (χ1n) is 11.8. The normalized spacial score (nSPS) is 23.5. The van der Waals surface area contributed by atoms with Crippen LogP contribution in [-0.4, -0.2) is 66.7 Å². The van der Waals surface area contributed by atoms with E-state index in [1.54, 1.807) is 24.3 Å². The monoisotopic (exact) mass is 497 g/mol. The van der Waals surface area contributed by atoms with E-state index in [9.17, 15) is 22.8 Å². The average molecular weight is 498 g/mol. The second-order valence-electron chi connectivity index (χ2n) is 9.75. The maximum atomic E-state index is 13.8. The lowest BCUT2D eigenvalue weighted by Gasteiger charge is -2.31. The van der Waals surface area contributed by atoms with E-state index < -0.39 is 45.8 Å². The second-order valence-corrected chi connectivity index (χ2v) is 12.0. The number of rotatable bonds is 8. The zero-order valence-electron chi connectivity index (χ0n) is 20.0. The molecular formula is C26H31N3O5S. The zero-order chi connectivity index (χ0) is 25.2. The van der Waals surface area contributed by atoms with Crippen molar-refractivity contribution in [3.63, 3.8) is 0 Å². The van der Waals surface area contributed by atoms with Crippen LogP contribution < -0.4 is 5.32 Å². The third-order valence-electron chi connectivity index (χ3n) is 6.58. The van der Waals surface area contributed by atoms with E-state index in [4.69, 9.17) is 0 Å². The van der Waals surface area contributed by atoms with Crippen LogP contribution in [0.25, 0.3) is 0 Å². The molecule has 4 amide bonds. The van der Waals surface area contributed by atoms with Crippen molar-refractivity contribution >= 4 is 27.7 Å². The third-order valence-corrected chi connectivity index (χ3v) is 8.33. The van der Waals surface area contributed by atoms with E-state index in [1.807, 2.05) is 50.2 Å². The van der Waals surface area contributed by atoms with Crippen LogP contribution in [0.1, 0.15) is 31.4 Å². The SMILES string of the molecule is CC(C)CN(C(=O)CN1C(=O)N[C@@](Cc2ccccc2)(c2ccccc2)C1=O)[C@H]1CCS(=O)(=O)C1. The number of carbonyl (C=O) groups excluding carboxylic acids is 3. The molecule has 0 spiro atoms. The molecule has 0 aromatic heterocycles. The molecular weight excluding hydrogens is 466 g/mol. The highest BCUT2D eigenvalue weighted by atomic mass is 32.2. The van der Waals surface area contributed by atoms with E-state index in [-0.39, 0.29) is 23.8 Å². The summed E-state index contributed by atoms with van der Waals surface area (Å²) in [5.41, 5.74) is 0.174. The van der Waals surface area contributed by atoms with E-state index in [2.05, 4.69) is 5.32 Å². The van der Waals surface area contributed by atoms with Gasteiger partial charge in [-0.05, 0) is 23.5 Å². The number of carbonyl (C=O) groups is 3. The summed E-state index contributed by atoms with van der Waals surface area (Å²) < 4.78 is 24.1. The van der Waals surface area contributed by atoms with Crippen molar-refractivity contribution in [3.05, 3.63) is 71.8 Å². The van der Waals surface area contributed by atoms with Gasteiger partial charge >= 0.3 is 6.03 Å². The van der Waals surface area contributed by atoms with Gasteiger partial charge < -0.3 is 10.2 Å². The molecule has 2 aliphatic rings. The minimum Gasteiger partial charge on any atom is -0.337 e. The van der Waals surface area contributed by atoms with Crippen molar-refractivity contribution < 1.29 is 22.8 Å². The maximum Gasteiger partial charge on any atom is 0.325 e. The molecule has 0 radical (unpaired) electrons. The number of urea groups is 1. The Morgan fingerprint density at radius 3 is 2.29 bits per heavy atom. The fourth-order valence-corrected chi connectivity index (χ4v) is 6.64. The smallest absolute Gasteiger partial charge is 0.325 e. The van der Waals surface area contributed by atoms with Gasteiger partial charge in [-0.3, -0.25) is 14.5 Å². The van der Waals surface area contributed by atoms with Crippen LogP contribution in [0.5, 0.6) is 0 Å². The molecule has 8 nitrogen and oxygen atoms in total. The van der Waals surface area contributed by atoms with Gasteiger partial charge in [-0.25, -0.2) is 13.2 Å². The minimum atomic E-state index is -3.20. The average Bonchev–Trinajstić information content (AvgIpc) is 3.30. The van der Waals surface area contributed by atoms with Crippen LogP contribution in [0.15, 0.2) is 60.7 Å². The summed E-state index contributed by atoms with van der Waals surface area (Å²) in [6.45, 7) is 3.81. The molecule has 0 unspecified atom stereocenters. The molecule has 2 saturated heterocycles. The predicted octanol–water partition coefficient (Wildman–Crippen LogP) is 2.35. The fraction of sp³-hybridized carbons (Fsp3) is 0.423. The number of hydrogen-bond acceptors (Lipinski definition) is 5. The minimum absolute atomic E-state index is 0.0386. The van der Waals surface area contributed by atoms with Crippen molar-refractivity contribution in [2.24, 2.45) is 5.92 Å². The van der Waals surface area contributed by atoms with Gasteiger partial charge in [0.25, 0.3) is 5.91 Å². The molecule has 2 atom stereocenters. The highest BCUT2D eigenvalue weighted by Crippen LogP contribution is 2.33. The molecule has 2 heterocycles. The van der Waals surface area contributed by atoms with E-state index in [1.165, 1.54) is 4.90 Å². The molecule has 9 heteroatoms. The Labute approximate surface area is 206 Å². The Balaban J connectivity index is 1.62. The topological polar surface area (TPSA) is 104 Å². The Bertz CT molecular complexity index is 1200. The van der Waals surface area contributed by atoms with Gasteiger partial charge in [0.05, 0.1) is 11.5 Å². The Hall–Kier alpha value is -3.20. The summed E-state index contributed by atoms with van der Waals surface area (Å²) in [6.07, 6.45) is 0.604. The molecule has 1 N–H and O–H groups in total. The van der Waals surface area contributed by atoms with Gasteiger partial charge in [0.2, 0.25) is 5.91 Å². The molecule has 2 aromatic carbocycles. The number of imide groups is 1. The van der Waals surface area contributed by atoms with Crippen molar-refractivity contribution in [2.75, 3.05) is 24.6 Å². The molecule has 2 fully saturated rings. The van der Waals surface area contributed by atoms with Gasteiger partial charge in [-0.15, -0.1) is 0 Å². The first-order chi connectivity index (χ1) is 16.6. The first kappa shape index (κ1) is 24.9.